The van der Waals surface area contributed by atoms with Crippen molar-refractivity contribution in [3.05, 3.63) is 59.4 Å². The van der Waals surface area contributed by atoms with E-state index in [0.717, 1.165) is 53.2 Å². The number of carbonyl (C=O) groups is 1. The summed E-state index contributed by atoms with van der Waals surface area (Å²) in [6.45, 7) is 4.62. The van der Waals surface area contributed by atoms with Crippen molar-refractivity contribution in [1.82, 2.24) is 9.97 Å². The molecule has 0 saturated carbocycles. The van der Waals surface area contributed by atoms with Crippen molar-refractivity contribution in [2.75, 3.05) is 16.8 Å². The Bertz CT molecular complexity index is 967. The van der Waals surface area contributed by atoms with Crippen molar-refractivity contribution in [2.45, 2.75) is 26.7 Å². The zero-order chi connectivity index (χ0) is 17.4. The van der Waals surface area contributed by atoms with Gasteiger partial charge in [0.05, 0.1) is 22.4 Å². The second-order valence-electron chi connectivity index (χ2n) is 6.41. The molecular weight excluding hydrogens is 312 g/mol. The third-order valence-corrected chi connectivity index (χ3v) is 4.68. The first-order chi connectivity index (χ1) is 12.1. The number of para-hydroxylation sites is 1. The molecule has 5 heteroatoms. The van der Waals surface area contributed by atoms with Gasteiger partial charge in [-0.1, -0.05) is 18.2 Å². The molecule has 25 heavy (non-hydrogen) atoms. The number of anilines is 2. The van der Waals surface area contributed by atoms with Crippen LogP contribution in [0, 0.1) is 13.8 Å². The molecule has 2 aromatic carbocycles. The van der Waals surface area contributed by atoms with Gasteiger partial charge < -0.3 is 5.32 Å². The van der Waals surface area contributed by atoms with E-state index in [2.05, 4.69) is 21.4 Å². The van der Waals surface area contributed by atoms with Crippen molar-refractivity contribution in [1.29, 1.82) is 0 Å². The topological polar surface area (TPSA) is 58.1 Å². The number of hydrogen-bond donors (Lipinski definition) is 1. The Labute approximate surface area is 146 Å². The molecule has 0 unspecified atom stereocenters. The van der Waals surface area contributed by atoms with E-state index in [1.807, 2.05) is 55.1 Å². The Balaban J connectivity index is 1.61. The number of carbonyl (C=O) groups excluding carboxylic acids is 1. The van der Waals surface area contributed by atoms with Gasteiger partial charge in [-0.25, -0.2) is 14.8 Å². The molecule has 0 radical (unpaired) electrons. The summed E-state index contributed by atoms with van der Waals surface area (Å²) in [6.07, 6.45) is 2.00. The number of fused-ring (bicyclic) bond motifs is 2. The minimum absolute atomic E-state index is 0.108. The van der Waals surface area contributed by atoms with Gasteiger partial charge >= 0.3 is 6.03 Å². The molecule has 1 aromatic heterocycles. The van der Waals surface area contributed by atoms with Gasteiger partial charge in [0.1, 0.15) is 0 Å². The van der Waals surface area contributed by atoms with Crippen LogP contribution in [0.5, 0.6) is 0 Å². The lowest BCUT2D eigenvalue weighted by Gasteiger charge is -2.29. The lowest BCUT2D eigenvalue weighted by molar-refractivity contribution is 0.256. The van der Waals surface area contributed by atoms with Gasteiger partial charge in [0.25, 0.3) is 0 Å². The molecular formula is C20H20N4O. The zero-order valence-corrected chi connectivity index (χ0v) is 14.4. The number of hydrogen-bond acceptors (Lipinski definition) is 3. The normalized spacial score (nSPS) is 13.6. The summed E-state index contributed by atoms with van der Waals surface area (Å²) < 4.78 is 0. The Morgan fingerprint density at radius 3 is 2.64 bits per heavy atom. The minimum Gasteiger partial charge on any atom is -0.307 e. The van der Waals surface area contributed by atoms with E-state index in [0.29, 0.717) is 0 Å². The number of amides is 2. The van der Waals surface area contributed by atoms with E-state index in [-0.39, 0.29) is 6.03 Å². The second kappa shape index (κ2) is 6.16. The van der Waals surface area contributed by atoms with Crippen LogP contribution in [0.3, 0.4) is 0 Å². The molecule has 0 spiro atoms. The zero-order valence-electron chi connectivity index (χ0n) is 14.4. The average molecular weight is 332 g/mol. The fraction of sp³-hybridized carbons (Fsp3) is 0.250. The highest BCUT2D eigenvalue weighted by Gasteiger charge is 2.22. The summed E-state index contributed by atoms with van der Waals surface area (Å²) in [5.41, 5.74) is 6.41. The van der Waals surface area contributed by atoms with Crippen LogP contribution in [0.2, 0.25) is 0 Å². The van der Waals surface area contributed by atoms with Crippen LogP contribution < -0.4 is 10.2 Å². The van der Waals surface area contributed by atoms with Gasteiger partial charge in [-0.05, 0) is 56.5 Å². The molecule has 3 aromatic rings. The van der Waals surface area contributed by atoms with Crippen molar-refractivity contribution < 1.29 is 4.79 Å². The predicted octanol–water partition coefficient (Wildman–Crippen LogP) is 4.23. The number of urea groups is 1. The van der Waals surface area contributed by atoms with Crippen LogP contribution in [0.4, 0.5) is 16.2 Å². The third-order valence-electron chi connectivity index (χ3n) is 4.68. The maximum Gasteiger partial charge on any atom is 0.326 e. The fourth-order valence-electron chi connectivity index (χ4n) is 3.24. The molecule has 5 nitrogen and oxygen atoms in total. The first kappa shape index (κ1) is 15.6. The summed E-state index contributed by atoms with van der Waals surface area (Å²) in [5, 5.41) is 3.00. The predicted molar refractivity (Wildman–Crippen MR) is 100 cm³/mol. The van der Waals surface area contributed by atoms with E-state index >= 15 is 0 Å². The summed E-state index contributed by atoms with van der Waals surface area (Å²) in [5.74, 6) is 0. The van der Waals surface area contributed by atoms with Crippen LogP contribution in [0.25, 0.3) is 11.0 Å². The lowest BCUT2D eigenvalue weighted by atomic mass is 10.0. The molecule has 2 amide bonds. The highest BCUT2D eigenvalue weighted by molar-refractivity contribution is 6.03. The van der Waals surface area contributed by atoms with E-state index in [1.165, 1.54) is 5.56 Å². The molecule has 1 N–H and O–H groups in total. The standard InChI is InChI=1S/C20H20N4O/c1-13-14(2)22-18-12-16(9-10-17(18)21-13)23-20(25)24-11-5-7-15-6-3-4-8-19(15)24/h3-4,6,8-10,12H,5,7,11H2,1-2H3,(H,23,25). The van der Waals surface area contributed by atoms with E-state index < -0.39 is 0 Å². The molecule has 0 fully saturated rings. The lowest BCUT2D eigenvalue weighted by Crippen LogP contribution is -2.38. The molecule has 126 valence electrons. The van der Waals surface area contributed by atoms with Gasteiger partial charge in [-0.15, -0.1) is 0 Å². The Kier molecular flexibility index (Phi) is 3.84. The molecule has 1 aliphatic rings. The maximum atomic E-state index is 12.8. The van der Waals surface area contributed by atoms with E-state index in [4.69, 9.17) is 0 Å². The molecule has 1 aliphatic heterocycles. The van der Waals surface area contributed by atoms with Crippen LogP contribution in [0.15, 0.2) is 42.5 Å². The SMILES string of the molecule is Cc1nc2ccc(NC(=O)N3CCCc4ccccc43)cc2nc1C. The molecule has 0 atom stereocenters. The molecule has 2 heterocycles. The highest BCUT2D eigenvalue weighted by atomic mass is 16.2. The largest absolute Gasteiger partial charge is 0.326 e. The van der Waals surface area contributed by atoms with Crippen molar-refractivity contribution in [3.63, 3.8) is 0 Å². The number of nitrogens with zero attached hydrogens (tertiary/aromatic N) is 3. The quantitative estimate of drug-likeness (QED) is 0.725. The van der Waals surface area contributed by atoms with Crippen LogP contribution in [-0.2, 0) is 6.42 Å². The number of aryl methyl sites for hydroxylation is 3. The van der Waals surface area contributed by atoms with E-state index in [9.17, 15) is 4.79 Å². The Morgan fingerprint density at radius 2 is 1.80 bits per heavy atom. The first-order valence-electron chi connectivity index (χ1n) is 8.53. The van der Waals surface area contributed by atoms with E-state index in [1.54, 1.807) is 0 Å². The summed E-state index contributed by atoms with van der Waals surface area (Å²) in [4.78, 5) is 23.7. The number of aromatic nitrogens is 2. The summed E-state index contributed by atoms with van der Waals surface area (Å²) in [7, 11) is 0. The molecule has 0 aliphatic carbocycles. The van der Waals surface area contributed by atoms with Crippen LogP contribution in [-0.4, -0.2) is 22.5 Å². The van der Waals surface area contributed by atoms with Gasteiger partial charge in [0.2, 0.25) is 0 Å². The molecule has 0 saturated heterocycles. The summed E-state index contributed by atoms with van der Waals surface area (Å²) >= 11 is 0. The number of benzene rings is 2. The van der Waals surface area contributed by atoms with Crippen molar-refractivity contribution in [2.24, 2.45) is 0 Å². The maximum absolute atomic E-state index is 12.8. The fourth-order valence-corrected chi connectivity index (χ4v) is 3.24. The monoisotopic (exact) mass is 332 g/mol. The average Bonchev–Trinajstić information content (AvgIpc) is 2.62. The number of rotatable bonds is 1. The smallest absolute Gasteiger partial charge is 0.307 e. The molecule has 0 bridgehead atoms. The van der Waals surface area contributed by atoms with Gasteiger partial charge in [0, 0.05) is 17.9 Å². The number of nitrogens with one attached hydrogen (secondary N) is 1. The van der Waals surface area contributed by atoms with Gasteiger partial charge in [0.15, 0.2) is 0 Å². The Hall–Kier alpha value is -2.95. The summed E-state index contributed by atoms with van der Waals surface area (Å²) in [6, 6.07) is 13.6. The Morgan fingerprint density at radius 1 is 1.04 bits per heavy atom. The first-order valence-corrected chi connectivity index (χ1v) is 8.53. The highest BCUT2D eigenvalue weighted by Crippen LogP contribution is 2.27. The second-order valence-corrected chi connectivity index (χ2v) is 6.41. The molecule has 4 rings (SSSR count). The minimum atomic E-state index is -0.108. The van der Waals surface area contributed by atoms with Crippen molar-refractivity contribution in [3.8, 4) is 0 Å². The third kappa shape index (κ3) is 2.93. The van der Waals surface area contributed by atoms with Crippen LogP contribution in [0.1, 0.15) is 23.4 Å². The van der Waals surface area contributed by atoms with Crippen molar-refractivity contribution >= 4 is 28.4 Å². The van der Waals surface area contributed by atoms with Gasteiger partial charge in [-0.3, -0.25) is 4.90 Å². The van der Waals surface area contributed by atoms with Gasteiger partial charge in [-0.2, -0.15) is 0 Å². The van der Waals surface area contributed by atoms with Crippen LogP contribution >= 0.6 is 0 Å².